The van der Waals surface area contributed by atoms with Crippen molar-refractivity contribution in [2.75, 3.05) is 39.3 Å². The molecule has 1 aliphatic heterocycles. The third kappa shape index (κ3) is 4.37. The highest BCUT2D eigenvalue weighted by molar-refractivity contribution is 5.92. The average molecular weight is 293 g/mol. The van der Waals surface area contributed by atoms with Crippen LogP contribution < -0.4 is 11.3 Å². The third-order valence-corrected chi connectivity index (χ3v) is 3.75. The maximum absolute atomic E-state index is 12.4. The second kappa shape index (κ2) is 7.33. The average Bonchev–Trinajstić information content (AvgIpc) is 2.73. The molecule has 1 unspecified atom stereocenters. The predicted octanol–water partition coefficient (Wildman–Crippen LogP) is -0.487. The van der Waals surface area contributed by atoms with Crippen molar-refractivity contribution in [3.63, 3.8) is 0 Å². The molecular formula is C14H23N5O2. The Bertz CT molecular complexity index is 510. The van der Waals surface area contributed by atoms with Crippen LogP contribution in [0.1, 0.15) is 23.8 Å². The van der Waals surface area contributed by atoms with Gasteiger partial charge in [0.05, 0.1) is 0 Å². The normalized spacial score (nSPS) is 18.3. The summed E-state index contributed by atoms with van der Waals surface area (Å²) in [6.45, 7) is 7.00. The molecule has 1 fully saturated rings. The van der Waals surface area contributed by atoms with Gasteiger partial charge in [-0.15, -0.1) is 0 Å². The molecule has 7 heteroatoms. The van der Waals surface area contributed by atoms with Crippen LogP contribution in [-0.2, 0) is 0 Å². The topological polar surface area (TPSA) is 95.3 Å². The number of aromatic nitrogens is 2. The summed E-state index contributed by atoms with van der Waals surface area (Å²) in [4.78, 5) is 27.5. The van der Waals surface area contributed by atoms with E-state index in [1.165, 1.54) is 12.1 Å². The highest BCUT2D eigenvalue weighted by Crippen LogP contribution is 2.08. The third-order valence-electron chi connectivity index (χ3n) is 3.75. The van der Waals surface area contributed by atoms with E-state index < -0.39 is 0 Å². The van der Waals surface area contributed by atoms with Gasteiger partial charge in [0.15, 0.2) is 0 Å². The Labute approximate surface area is 124 Å². The molecule has 3 N–H and O–H groups in total. The molecule has 21 heavy (non-hydrogen) atoms. The van der Waals surface area contributed by atoms with Crippen molar-refractivity contribution in [3.8, 4) is 0 Å². The van der Waals surface area contributed by atoms with E-state index in [0.29, 0.717) is 31.2 Å². The molecule has 1 aliphatic rings. The van der Waals surface area contributed by atoms with Gasteiger partial charge < -0.3 is 15.5 Å². The molecule has 2 rings (SSSR count). The summed E-state index contributed by atoms with van der Waals surface area (Å²) in [5, 5.41) is 6.11. The minimum Gasteiger partial charge on any atom is -0.336 e. The molecule has 0 aliphatic carbocycles. The van der Waals surface area contributed by atoms with Crippen molar-refractivity contribution in [2.45, 2.75) is 13.3 Å². The summed E-state index contributed by atoms with van der Waals surface area (Å²) in [5.74, 6) is 0.341. The monoisotopic (exact) mass is 293 g/mol. The van der Waals surface area contributed by atoms with Crippen LogP contribution in [0.25, 0.3) is 0 Å². The molecule has 0 spiro atoms. The fourth-order valence-corrected chi connectivity index (χ4v) is 2.50. The van der Waals surface area contributed by atoms with Crippen molar-refractivity contribution in [2.24, 2.45) is 11.7 Å². The first kappa shape index (κ1) is 15.7. The molecule has 7 nitrogen and oxygen atoms in total. The number of nitrogens with zero attached hydrogens (tertiary/aromatic N) is 3. The van der Waals surface area contributed by atoms with E-state index >= 15 is 0 Å². The van der Waals surface area contributed by atoms with Gasteiger partial charge in [0.1, 0.15) is 5.69 Å². The number of nitrogens with one attached hydrogen (secondary N) is 1. The summed E-state index contributed by atoms with van der Waals surface area (Å²) in [6.07, 6.45) is 0.937. The molecule has 1 aromatic heterocycles. The number of rotatable bonds is 4. The molecule has 0 radical (unpaired) electrons. The Morgan fingerprint density at radius 1 is 1.38 bits per heavy atom. The second-order valence-corrected chi connectivity index (χ2v) is 5.59. The lowest BCUT2D eigenvalue weighted by molar-refractivity contribution is 0.0753. The first-order chi connectivity index (χ1) is 10.1. The summed E-state index contributed by atoms with van der Waals surface area (Å²) < 4.78 is 0. The van der Waals surface area contributed by atoms with E-state index in [-0.39, 0.29) is 11.5 Å². The fourth-order valence-electron chi connectivity index (χ4n) is 2.50. The number of aromatic amines is 1. The van der Waals surface area contributed by atoms with Gasteiger partial charge in [-0.25, -0.2) is 5.10 Å². The lowest BCUT2D eigenvalue weighted by Crippen LogP contribution is -2.37. The van der Waals surface area contributed by atoms with Gasteiger partial charge in [0.2, 0.25) is 0 Å². The quantitative estimate of drug-likeness (QED) is 0.781. The largest absolute Gasteiger partial charge is 0.336 e. The Balaban J connectivity index is 1.94. The number of amides is 1. The second-order valence-electron chi connectivity index (χ2n) is 5.59. The van der Waals surface area contributed by atoms with Crippen molar-refractivity contribution >= 4 is 5.91 Å². The first-order valence-corrected chi connectivity index (χ1v) is 7.37. The Hall–Kier alpha value is -1.73. The molecule has 0 aromatic carbocycles. The lowest BCUT2D eigenvalue weighted by Gasteiger charge is -2.23. The van der Waals surface area contributed by atoms with Crippen molar-refractivity contribution in [1.82, 2.24) is 20.0 Å². The molecule has 0 saturated carbocycles. The minimum atomic E-state index is -0.302. The predicted molar refractivity (Wildman–Crippen MR) is 80.0 cm³/mol. The summed E-state index contributed by atoms with van der Waals surface area (Å²) >= 11 is 0. The van der Waals surface area contributed by atoms with E-state index in [1.807, 2.05) is 0 Å². The van der Waals surface area contributed by atoms with Gasteiger partial charge in [-0.1, -0.05) is 6.92 Å². The molecule has 116 valence electrons. The zero-order valence-corrected chi connectivity index (χ0v) is 12.4. The SMILES string of the molecule is CC(CN)CN1CCCN(C(=O)c2ccc(=O)[nH]n2)CC1. The molecule has 1 atom stereocenters. The molecule has 1 amide bonds. The van der Waals surface area contributed by atoms with Gasteiger partial charge in [-0.05, 0) is 31.5 Å². The van der Waals surface area contributed by atoms with E-state index in [1.54, 1.807) is 4.90 Å². The zero-order valence-electron chi connectivity index (χ0n) is 12.4. The maximum Gasteiger partial charge on any atom is 0.274 e. The summed E-state index contributed by atoms with van der Waals surface area (Å²) in [5.41, 5.74) is 5.65. The van der Waals surface area contributed by atoms with Crippen LogP contribution in [0.5, 0.6) is 0 Å². The van der Waals surface area contributed by atoms with E-state index in [4.69, 9.17) is 5.73 Å². The number of nitrogens with two attached hydrogens (primary N) is 1. The maximum atomic E-state index is 12.4. The number of carbonyl (C=O) groups is 1. The number of carbonyl (C=O) groups excluding carboxylic acids is 1. The fraction of sp³-hybridized carbons (Fsp3) is 0.643. The van der Waals surface area contributed by atoms with E-state index in [0.717, 1.165) is 26.1 Å². The Kier molecular flexibility index (Phi) is 5.46. The Morgan fingerprint density at radius 3 is 2.86 bits per heavy atom. The molecule has 1 saturated heterocycles. The van der Waals surface area contributed by atoms with Crippen molar-refractivity contribution in [3.05, 3.63) is 28.2 Å². The zero-order chi connectivity index (χ0) is 15.2. The van der Waals surface area contributed by atoms with Crippen LogP contribution >= 0.6 is 0 Å². The lowest BCUT2D eigenvalue weighted by atomic mass is 10.1. The van der Waals surface area contributed by atoms with E-state index in [9.17, 15) is 9.59 Å². The number of H-pyrrole nitrogens is 1. The van der Waals surface area contributed by atoms with Crippen LogP contribution in [0.4, 0.5) is 0 Å². The molecule has 2 heterocycles. The smallest absolute Gasteiger partial charge is 0.274 e. The van der Waals surface area contributed by atoms with Crippen LogP contribution in [0.2, 0.25) is 0 Å². The summed E-state index contributed by atoms with van der Waals surface area (Å²) in [6, 6.07) is 2.80. The summed E-state index contributed by atoms with van der Waals surface area (Å²) in [7, 11) is 0. The highest BCUT2D eigenvalue weighted by Gasteiger charge is 2.21. The van der Waals surface area contributed by atoms with Crippen LogP contribution in [-0.4, -0.2) is 65.2 Å². The van der Waals surface area contributed by atoms with Crippen molar-refractivity contribution < 1.29 is 4.79 Å². The molecule has 1 aromatic rings. The van der Waals surface area contributed by atoms with Gasteiger partial charge >= 0.3 is 0 Å². The number of hydrogen-bond acceptors (Lipinski definition) is 5. The highest BCUT2D eigenvalue weighted by atomic mass is 16.2. The first-order valence-electron chi connectivity index (χ1n) is 7.37. The standard InChI is InChI=1S/C14H23N5O2/c1-11(9-15)10-18-5-2-6-19(8-7-18)14(21)12-3-4-13(20)17-16-12/h3-4,11H,2,5-10,15H2,1H3,(H,17,20). The molecule has 0 bridgehead atoms. The van der Waals surface area contributed by atoms with Gasteiger partial charge in [0, 0.05) is 32.2 Å². The van der Waals surface area contributed by atoms with E-state index in [2.05, 4.69) is 22.0 Å². The van der Waals surface area contributed by atoms with Crippen LogP contribution in [0.15, 0.2) is 16.9 Å². The van der Waals surface area contributed by atoms with Gasteiger partial charge in [-0.2, -0.15) is 5.10 Å². The van der Waals surface area contributed by atoms with Crippen LogP contribution in [0.3, 0.4) is 0 Å². The number of hydrogen-bond donors (Lipinski definition) is 2. The Morgan fingerprint density at radius 2 is 2.19 bits per heavy atom. The molecular weight excluding hydrogens is 270 g/mol. The van der Waals surface area contributed by atoms with Gasteiger partial charge in [-0.3, -0.25) is 9.59 Å². The van der Waals surface area contributed by atoms with Gasteiger partial charge in [0.25, 0.3) is 11.5 Å². The minimum absolute atomic E-state index is 0.125. The van der Waals surface area contributed by atoms with Crippen LogP contribution in [0, 0.1) is 5.92 Å². The van der Waals surface area contributed by atoms with Crippen molar-refractivity contribution in [1.29, 1.82) is 0 Å².